The van der Waals surface area contributed by atoms with Crippen molar-refractivity contribution in [2.75, 3.05) is 13.1 Å². The van der Waals surface area contributed by atoms with Gasteiger partial charge in [0.25, 0.3) is 0 Å². The Morgan fingerprint density at radius 1 is 1.29 bits per heavy atom. The summed E-state index contributed by atoms with van der Waals surface area (Å²) in [6.45, 7) is 2.15. The Labute approximate surface area is 139 Å². The SMILES string of the molecule is O=S(=O)(NC1CCN2CCCC2C1)c1ccc(Cl)c(Br)c1. The lowest BCUT2D eigenvalue weighted by Gasteiger charge is -2.34. The summed E-state index contributed by atoms with van der Waals surface area (Å²) in [7, 11) is -3.49. The molecule has 0 aliphatic carbocycles. The van der Waals surface area contributed by atoms with Crippen LogP contribution in [-0.4, -0.2) is 38.5 Å². The molecular formula is C14H18BrClN2O2S. The van der Waals surface area contributed by atoms with E-state index in [1.54, 1.807) is 18.2 Å². The summed E-state index contributed by atoms with van der Waals surface area (Å²) < 4.78 is 28.4. The Morgan fingerprint density at radius 3 is 2.86 bits per heavy atom. The number of fused-ring (bicyclic) bond motifs is 1. The molecule has 1 aromatic carbocycles. The Balaban J connectivity index is 1.72. The molecule has 0 bridgehead atoms. The third kappa shape index (κ3) is 3.45. The molecule has 3 rings (SSSR count). The van der Waals surface area contributed by atoms with E-state index in [9.17, 15) is 8.42 Å². The van der Waals surface area contributed by atoms with Crippen LogP contribution in [0, 0.1) is 0 Å². The van der Waals surface area contributed by atoms with Gasteiger partial charge in [0.2, 0.25) is 10.0 Å². The van der Waals surface area contributed by atoms with E-state index in [1.807, 2.05) is 0 Å². The minimum atomic E-state index is -3.49. The van der Waals surface area contributed by atoms with Crippen LogP contribution < -0.4 is 4.72 Å². The van der Waals surface area contributed by atoms with Gasteiger partial charge < -0.3 is 4.90 Å². The van der Waals surface area contributed by atoms with Crippen LogP contribution in [-0.2, 0) is 10.0 Å². The molecule has 7 heteroatoms. The monoisotopic (exact) mass is 392 g/mol. The highest BCUT2D eigenvalue weighted by atomic mass is 79.9. The van der Waals surface area contributed by atoms with Crippen molar-refractivity contribution in [1.82, 2.24) is 9.62 Å². The van der Waals surface area contributed by atoms with Gasteiger partial charge in [-0.15, -0.1) is 0 Å². The van der Waals surface area contributed by atoms with Crippen molar-refractivity contribution in [3.05, 3.63) is 27.7 Å². The van der Waals surface area contributed by atoms with Gasteiger partial charge in [-0.05, 0) is 72.9 Å². The second-order valence-corrected chi connectivity index (χ2v) is 8.73. The maximum absolute atomic E-state index is 12.5. The first-order valence-corrected chi connectivity index (χ1v) is 9.82. The lowest BCUT2D eigenvalue weighted by Crippen LogP contribution is -2.47. The van der Waals surface area contributed by atoms with Gasteiger partial charge >= 0.3 is 0 Å². The summed E-state index contributed by atoms with van der Waals surface area (Å²) >= 11 is 9.19. The van der Waals surface area contributed by atoms with Gasteiger partial charge in [0.05, 0.1) is 9.92 Å². The van der Waals surface area contributed by atoms with Crippen LogP contribution in [0.1, 0.15) is 25.7 Å². The molecule has 2 saturated heterocycles. The molecule has 2 aliphatic heterocycles. The molecule has 0 aromatic heterocycles. The van der Waals surface area contributed by atoms with Gasteiger partial charge in [-0.1, -0.05) is 11.6 Å². The van der Waals surface area contributed by atoms with Crippen LogP contribution >= 0.6 is 27.5 Å². The average molecular weight is 394 g/mol. The van der Waals surface area contributed by atoms with Crippen molar-refractivity contribution in [2.45, 2.75) is 42.7 Å². The number of nitrogens with one attached hydrogen (secondary N) is 1. The summed E-state index contributed by atoms with van der Waals surface area (Å²) in [6.07, 6.45) is 4.21. The molecule has 2 aliphatic rings. The topological polar surface area (TPSA) is 49.4 Å². The zero-order valence-electron chi connectivity index (χ0n) is 11.6. The molecule has 2 atom stereocenters. The highest BCUT2D eigenvalue weighted by Gasteiger charge is 2.33. The molecule has 116 valence electrons. The number of sulfonamides is 1. The Bertz CT molecular complexity index is 638. The van der Waals surface area contributed by atoms with Gasteiger partial charge in [-0.3, -0.25) is 0 Å². The molecule has 0 spiro atoms. The van der Waals surface area contributed by atoms with Crippen LogP contribution in [0.5, 0.6) is 0 Å². The Hall–Kier alpha value is -0.140. The Morgan fingerprint density at radius 2 is 2.10 bits per heavy atom. The fourth-order valence-corrected chi connectivity index (χ4v) is 5.22. The zero-order chi connectivity index (χ0) is 15.0. The lowest BCUT2D eigenvalue weighted by molar-refractivity contribution is 0.176. The second-order valence-electron chi connectivity index (χ2n) is 5.75. The van der Waals surface area contributed by atoms with Gasteiger partial charge in [-0.25, -0.2) is 13.1 Å². The number of piperidine rings is 1. The first-order valence-electron chi connectivity index (χ1n) is 7.17. The molecule has 4 nitrogen and oxygen atoms in total. The maximum Gasteiger partial charge on any atom is 0.240 e. The maximum atomic E-state index is 12.5. The molecule has 2 heterocycles. The second kappa shape index (κ2) is 6.16. The third-order valence-corrected chi connectivity index (χ3v) is 7.08. The van der Waals surface area contributed by atoms with Crippen molar-refractivity contribution in [3.63, 3.8) is 0 Å². The van der Waals surface area contributed by atoms with E-state index in [0.717, 1.165) is 25.9 Å². The van der Waals surface area contributed by atoms with E-state index >= 15 is 0 Å². The lowest BCUT2D eigenvalue weighted by atomic mass is 9.99. The largest absolute Gasteiger partial charge is 0.300 e. The molecular weight excluding hydrogens is 376 g/mol. The number of hydrogen-bond donors (Lipinski definition) is 1. The molecule has 0 saturated carbocycles. The van der Waals surface area contributed by atoms with E-state index in [0.29, 0.717) is 15.5 Å². The van der Waals surface area contributed by atoms with Gasteiger partial charge in [0, 0.05) is 16.6 Å². The molecule has 0 radical (unpaired) electrons. The number of rotatable bonds is 3. The summed E-state index contributed by atoms with van der Waals surface area (Å²) in [5.74, 6) is 0. The van der Waals surface area contributed by atoms with Crippen molar-refractivity contribution in [2.24, 2.45) is 0 Å². The highest BCUT2D eigenvalue weighted by Crippen LogP contribution is 2.29. The minimum Gasteiger partial charge on any atom is -0.300 e. The number of halogens is 2. The summed E-state index contributed by atoms with van der Waals surface area (Å²) in [4.78, 5) is 2.73. The quantitative estimate of drug-likeness (QED) is 0.859. The molecule has 1 N–H and O–H groups in total. The van der Waals surface area contributed by atoms with Gasteiger partial charge in [-0.2, -0.15) is 0 Å². The average Bonchev–Trinajstić information content (AvgIpc) is 2.88. The fraction of sp³-hybridized carbons (Fsp3) is 0.571. The van der Waals surface area contributed by atoms with Crippen LogP contribution in [0.15, 0.2) is 27.6 Å². The molecule has 1 aromatic rings. The van der Waals surface area contributed by atoms with E-state index in [-0.39, 0.29) is 10.9 Å². The van der Waals surface area contributed by atoms with Crippen molar-refractivity contribution >= 4 is 37.6 Å². The highest BCUT2D eigenvalue weighted by molar-refractivity contribution is 9.10. The summed E-state index contributed by atoms with van der Waals surface area (Å²) in [5.41, 5.74) is 0. The van der Waals surface area contributed by atoms with Crippen molar-refractivity contribution in [3.8, 4) is 0 Å². The van der Waals surface area contributed by atoms with E-state index in [2.05, 4.69) is 25.6 Å². The van der Waals surface area contributed by atoms with E-state index in [4.69, 9.17) is 11.6 Å². The minimum absolute atomic E-state index is 0.0313. The van der Waals surface area contributed by atoms with Gasteiger partial charge in [0.15, 0.2) is 0 Å². The molecule has 21 heavy (non-hydrogen) atoms. The zero-order valence-corrected chi connectivity index (χ0v) is 14.7. The van der Waals surface area contributed by atoms with Gasteiger partial charge in [0.1, 0.15) is 0 Å². The summed E-state index contributed by atoms with van der Waals surface area (Å²) in [6, 6.07) is 5.27. The number of benzene rings is 1. The molecule has 2 fully saturated rings. The molecule has 0 amide bonds. The first kappa shape index (κ1) is 15.7. The third-order valence-electron chi connectivity index (χ3n) is 4.34. The normalized spacial score (nSPS) is 26.8. The van der Waals surface area contributed by atoms with E-state index < -0.39 is 10.0 Å². The predicted molar refractivity (Wildman–Crippen MR) is 87.1 cm³/mol. The van der Waals surface area contributed by atoms with Crippen LogP contribution in [0.25, 0.3) is 0 Å². The first-order chi connectivity index (χ1) is 9.95. The number of nitrogens with zero attached hydrogens (tertiary/aromatic N) is 1. The van der Waals surface area contributed by atoms with Crippen molar-refractivity contribution in [1.29, 1.82) is 0 Å². The van der Waals surface area contributed by atoms with Crippen LogP contribution in [0.4, 0.5) is 0 Å². The van der Waals surface area contributed by atoms with Crippen LogP contribution in [0.2, 0.25) is 5.02 Å². The predicted octanol–water partition coefficient (Wildman–Crippen LogP) is 3.01. The van der Waals surface area contributed by atoms with Crippen molar-refractivity contribution < 1.29 is 8.42 Å². The molecule has 2 unspecified atom stereocenters. The fourth-order valence-electron chi connectivity index (χ4n) is 3.26. The number of hydrogen-bond acceptors (Lipinski definition) is 3. The summed E-state index contributed by atoms with van der Waals surface area (Å²) in [5, 5.41) is 0.508. The Kier molecular flexibility index (Phi) is 4.62. The van der Waals surface area contributed by atoms with Crippen LogP contribution in [0.3, 0.4) is 0 Å². The smallest absolute Gasteiger partial charge is 0.240 e. The standard InChI is InChI=1S/C14H18BrClN2O2S/c15-13-9-12(3-4-14(13)16)21(19,20)17-10-5-7-18-6-1-2-11(18)8-10/h3-4,9-11,17H,1-2,5-8H2. The van der Waals surface area contributed by atoms with E-state index in [1.165, 1.54) is 12.8 Å².